The minimum Gasteiger partial charge on any atom is -0.335 e. The van der Waals surface area contributed by atoms with E-state index in [1.54, 1.807) is 12.1 Å². The number of aromatic nitrogens is 1. The smallest absolute Gasteiger partial charge is 0.329 e. The molecule has 1 heterocycles. The van der Waals surface area contributed by atoms with Crippen LogP contribution in [0.3, 0.4) is 0 Å². The molecule has 2 aromatic rings. The molecule has 1 aromatic heterocycles. The average molecular weight is 409 g/mol. The van der Waals surface area contributed by atoms with E-state index in [0.717, 1.165) is 22.6 Å². The first-order chi connectivity index (χ1) is 12.8. The summed E-state index contributed by atoms with van der Waals surface area (Å²) in [5.74, 6) is -1.35. The van der Waals surface area contributed by atoms with Crippen LogP contribution in [0.15, 0.2) is 29.4 Å². The van der Waals surface area contributed by atoms with Gasteiger partial charge in [0.1, 0.15) is 0 Å². The molecule has 2 amide bonds. The van der Waals surface area contributed by atoms with Gasteiger partial charge in [0.15, 0.2) is 0 Å². The van der Waals surface area contributed by atoms with Crippen LogP contribution in [0.4, 0.5) is 0 Å². The van der Waals surface area contributed by atoms with Gasteiger partial charge in [0.05, 0.1) is 16.3 Å². The number of carbonyl (C=O) groups excluding carboxylic acids is 2. The lowest BCUT2D eigenvalue weighted by molar-refractivity contribution is -0.145. The Bertz CT molecular complexity index is 886. The molecule has 0 atom stereocenters. The lowest BCUT2D eigenvalue weighted by Gasteiger charge is -2.16. The largest absolute Gasteiger partial charge is 0.335 e. The molecule has 0 radical (unpaired) electrons. The molecule has 1 N–H and O–H groups in total. The van der Waals surface area contributed by atoms with Crippen LogP contribution in [0, 0.1) is 13.8 Å². The zero-order chi connectivity index (χ0) is 20.1. The fraction of sp³-hybridized carbons (Fsp3) is 0.316. The number of halogens is 2. The third-order valence-electron chi connectivity index (χ3n) is 4.25. The minimum atomic E-state index is -0.756. The third kappa shape index (κ3) is 4.70. The lowest BCUT2D eigenvalue weighted by Crippen LogP contribution is -2.41. The van der Waals surface area contributed by atoms with E-state index in [9.17, 15) is 9.59 Å². The zero-order valence-electron chi connectivity index (χ0n) is 15.7. The summed E-state index contributed by atoms with van der Waals surface area (Å²) < 4.78 is 2.01. The van der Waals surface area contributed by atoms with E-state index in [1.807, 2.05) is 44.4 Å². The molecule has 0 spiro atoms. The molecular weight excluding hydrogens is 387 g/mol. The number of hydrogen-bond donors (Lipinski definition) is 1. The molecule has 6 nitrogen and oxygen atoms in total. The summed E-state index contributed by atoms with van der Waals surface area (Å²) in [6.45, 7) is 8.45. The molecule has 8 heteroatoms. The standard InChI is InChI=1S/C19H22Cl2N4O2/c1-5-24(6-2)19(27)18(26)23-22-11-14-9-12(3)25(13(14)4)15-7-8-16(20)17(21)10-15/h7-11H,5-6H2,1-4H3,(H,23,26). The summed E-state index contributed by atoms with van der Waals surface area (Å²) in [5.41, 5.74) is 5.86. The van der Waals surface area contributed by atoms with E-state index in [4.69, 9.17) is 23.2 Å². The molecule has 0 saturated heterocycles. The summed E-state index contributed by atoms with van der Waals surface area (Å²) in [6, 6.07) is 7.33. The highest BCUT2D eigenvalue weighted by molar-refractivity contribution is 6.42. The predicted octanol–water partition coefficient (Wildman–Crippen LogP) is 3.72. The van der Waals surface area contributed by atoms with Crippen molar-refractivity contribution >= 4 is 41.2 Å². The number of aryl methyl sites for hydroxylation is 1. The van der Waals surface area contributed by atoms with Crippen LogP contribution >= 0.6 is 23.2 Å². The van der Waals surface area contributed by atoms with Gasteiger partial charge in [-0.05, 0) is 52.0 Å². The van der Waals surface area contributed by atoms with Crippen molar-refractivity contribution in [1.29, 1.82) is 0 Å². The van der Waals surface area contributed by atoms with Gasteiger partial charge in [-0.3, -0.25) is 9.59 Å². The number of nitrogens with zero attached hydrogens (tertiary/aromatic N) is 3. The van der Waals surface area contributed by atoms with Crippen molar-refractivity contribution in [3.05, 3.63) is 51.3 Å². The summed E-state index contributed by atoms with van der Waals surface area (Å²) in [7, 11) is 0. The van der Waals surface area contributed by atoms with Crippen molar-refractivity contribution in [2.75, 3.05) is 13.1 Å². The second-order valence-electron chi connectivity index (χ2n) is 5.94. The molecule has 0 fully saturated rings. The molecule has 0 bridgehead atoms. The van der Waals surface area contributed by atoms with E-state index >= 15 is 0 Å². The first kappa shape index (κ1) is 21.0. The Kier molecular flexibility index (Phi) is 7.05. The van der Waals surface area contributed by atoms with Crippen LogP contribution in [0.25, 0.3) is 5.69 Å². The first-order valence-corrected chi connectivity index (χ1v) is 9.32. The Labute approximate surface area is 168 Å². The number of amides is 2. The SMILES string of the molecule is CCN(CC)C(=O)C(=O)NN=Cc1cc(C)n(-c2ccc(Cl)c(Cl)c2)c1C. The first-order valence-electron chi connectivity index (χ1n) is 8.56. The normalized spacial score (nSPS) is 11.0. The molecule has 27 heavy (non-hydrogen) atoms. The number of nitrogens with one attached hydrogen (secondary N) is 1. The van der Waals surface area contributed by atoms with Crippen LogP contribution in [0.1, 0.15) is 30.8 Å². The lowest BCUT2D eigenvalue weighted by atomic mass is 10.2. The molecule has 144 valence electrons. The monoisotopic (exact) mass is 408 g/mol. The van der Waals surface area contributed by atoms with E-state index < -0.39 is 11.8 Å². The Hall–Kier alpha value is -2.31. The summed E-state index contributed by atoms with van der Waals surface area (Å²) in [6.07, 6.45) is 1.52. The molecule has 0 aliphatic rings. The topological polar surface area (TPSA) is 66.7 Å². The van der Waals surface area contributed by atoms with Crippen molar-refractivity contribution in [1.82, 2.24) is 14.9 Å². The van der Waals surface area contributed by atoms with Gasteiger partial charge < -0.3 is 9.47 Å². The summed E-state index contributed by atoms with van der Waals surface area (Å²) in [4.78, 5) is 25.3. The summed E-state index contributed by atoms with van der Waals surface area (Å²) in [5, 5.41) is 4.88. The molecule has 0 aliphatic carbocycles. The Morgan fingerprint density at radius 2 is 1.81 bits per heavy atom. The maximum absolute atomic E-state index is 11.9. The maximum atomic E-state index is 11.9. The van der Waals surface area contributed by atoms with Crippen molar-refractivity contribution in [3.8, 4) is 5.69 Å². The molecule has 1 aromatic carbocycles. The van der Waals surface area contributed by atoms with E-state index in [0.29, 0.717) is 23.1 Å². The molecule has 0 saturated carbocycles. The quantitative estimate of drug-likeness (QED) is 0.465. The number of likely N-dealkylation sites (N-methyl/N-ethyl adjacent to an activating group) is 1. The average Bonchev–Trinajstić information content (AvgIpc) is 2.92. The zero-order valence-corrected chi connectivity index (χ0v) is 17.2. The van der Waals surface area contributed by atoms with E-state index in [1.165, 1.54) is 11.1 Å². The van der Waals surface area contributed by atoms with E-state index in [-0.39, 0.29) is 0 Å². The summed E-state index contributed by atoms with van der Waals surface area (Å²) >= 11 is 12.1. The van der Waals surface area contributed by atoms with Crippen LogP contribution in [-0.4, -0.2) is 40.6 Å². The van der Waals surface area contributed by atoms with Gasteiger partial charge in [-0.25, -0.2) is 5.43 Å². The molecule has 2 rings (SSSR count). The second kappa shape index (κ2) is 9.06. The van der Waals surface area contributed by atoms with Gasteiger partial charge in [0.2, 0.25) is 0 Å². The Morgan fingerprint density at radius 1 is 1.15 bits per heavy atom. The fourth-order valence-electron chi connectivity index (χ4n) is 2.80. The van der Waals surface area contributed by atoms with Crippen LogP contribution in [0.5, 0.6) is 0 Å². The van der Waals surface area contributed by atoms with Crippen molar-refractivity contribution in [3.63, 3.8) is 0 Å². The van der Waals surface area contributed by atoms with Gasteiger partial charge in [-0.2, -0.15) is 5.10 Å². The Morgan fingerprint density at radius 3 is 2.41 bits per heavy atom. The van der Waals surface area contributed by atoms with Crippen molar-refractivity contribution < 1.29 is 9.59 Å². The van der Waals surface area contributed by atoms with Gasteiger partial charge >= 0.3 is 11.8 Å². The molecule has 0 aliphatic heterocycles. The van der Waals surface area contributed by atoms with E-state index in [2.05, 4.69) is 10.5 Å². The molecule has 0 unspecified atom stereocenters. The third-order valence-corrected chi connectivity index (χ3v) is 4.99. The number of hydrazone groups is 1. The predicted molar refractivity (Wildman–Crippen MR) is 109 cm³/mol. The number of benzene rings is 1. The highest BCUT2D eigenvalue weighted by Gasteiger charge is 2.18. The fourth-order valence-corrected chi connectivity index (χ4v) is 3.09. The Balaban J connectivity index is 2.19. The maximum Gasteiger partial charge on any atom is 0.329 e. The van der Waals surface area contributed by atoms with Crippen molar-refractivity contribution in [2.24, 2.45) is 5.10 Å². The number of carbonyl (C=O) groups is 2. The second-order valence-corrected chi connectivity index (χ2v) is 6.75. The highest BCUT2D eigenvalue weighted by Crippen LogP contribution is 2.27. The minimum absolute atomic E-state index is 0.470. The van der Waals surface area contributed by atoms with Crippen molar-refractivity contribution in [2.45, 2.75) is 27.7 Å². The van der Waals surface area contributed by atoms with Crippen LogP contribution < -0.4 is 5.43 Å². The number of hydrogen-bond acceptors (Lipinski definition) is 3. The molecular formula is C19H22Cl2N4O2. The highest BCUT2D eigenvalue weighted by atomic mass is 35.5. The van der Waals surface area contributed by atoms with Gasteiger partial charge in [0.25, 0.3) is 0 Å². The van der Waals surface area contributed by atoms with Gasteiger partial charge in [-0.1, -0.05) is 23.2 Å². The van der Waals surface area contributed by atoms with Crippen LogP contribution in [0.2, 0.25) is 10.0 Å². The van der Waals surface area contributed by atoms with Crippen LogP contribution in [-0.2, 0) is 9.59 Å². The van der Waals surface area contributed by atoms with Gasteiger partial charge in [-0.15, -0.1) is 0 Å². The number of rotatable bonds is 5. The van der Waals surface area contributed by atoms with Gasteiger partial charge in [0, 0.05) is 35.7 Å².